The smallest absolute Gasteiger partial charge is 0.319 e. The monoisotopic (exact) mass is 302 g/mol. The molecule has 0 aliphatic rings. The summed E-state index contributed by atoms with van der Waals surface area (Å²) in [6.45, 7) is 0. The predicted molar refractivity (Wildman–Crippen MR) is 63.6 cm³/mol. The highest BCUT2D eigenvalue weighted by Gasteiger charge is 2.31. The van der Waals surface area contributed by atoms with Gasteiger partial charge in [0, 0.05) is 17.8 Å². The summed E-state index contributed by atoms with van der Waals surface area (Å²) >= 11 is 0. The molecule has 1 aromatic heterocycles. The molecule has 0 saturated carbocycles. The fraction of sp³-hybridized carbons (Fsp3) is 0.0769. The third-order valence-electron chi connectivity index (χ3n) is 2.53. The molecule has 2 rings (SSSR count). The molecule has 0 aliphatic heterocycles. The van der Waals surface area contributed by atoms with E-state index < -0.39 is 35.1 Å². The van der Waals surface area contributed by atoms with E-state index >= 15 is 0 Å². The minimum absolute atomic E-state index is 0.195. The number of nitrogens with one attached hydrogen (secondary N) is 1. The lowest BCUT2D eigenvalue weighted by Gasteiger charge is -2.11. The van der Waals surface area contributed by atoms with Crippen molar-refractivity contribution in [2.24, 2.45) is 0 Å². The molecular weight excluding hydrogens is 295 g/mol. The molecule has 0 radical (unpaired) electrons. The van der Waals surface area contributed by atoms with E-state index in [1.165, 1.54) is 0 Å². The van der Waals surface area contributed by atoms with Gasteiger partial charge in [0.25, 0.3) is 5.91 Å². The van der Waals surface area contributed by atoms with Crippen molar-refractivity contribution >= 4 is 11.6 Å². The van der Waals surface area contributed by atoms with Gasteiger partial charge in [0.2, 0.25) is 5.95 Å². The summed E-state index contributed by atoms with van der Waals surface area (Å²) in [6.07, 6.45) is -3.66. The van der Waals surface area contributed by atoms with Crippen molar-refractivity contribution in [3.05, 3.63) is 59.4 Å². The Bertz CT molecular complexity index is 685. The van der Waals surface area contributed by atoms with Gasteiger partial charge in [0.05, 0.1) is 11.3 Å². The fourth-order valence-electron chi connectivity index (χ4n) is 1.54. The molecular formula is C13H7F5N2O. The van der Waals surface area contributed by atoms with E-state index in [4.69, 9.17) is 0 Å². The van der Waals surface area contributed by atoms with Crippen molar-refractivity contribution in [1.82, 2.24) is 4.98 Å². The molecule has 0 atom stereocenters. The van der Waals surface area contributed by atoms with Crippen molar-refractivity contribution in [3.63, 3.8) is 0 Å². The maximum absolute atomic E-state index is 13.4. The van der Waals surface area contributed by atoms with Gasteiger partial charge >= 0.3 is 6.18 Å². The molecule has 0 unspecified atom stereocenters. The Morgan fingerprint density at radius 2 is 1.81 bits per heavy atom. The minimum Gasteiger partial charge on any atom is -0.319 e. The number of anilines is 1. The van der Waals surface area contributed by atoms with Crippen molar-refractivity contribution in [2.75, 3.05) is 5.32 Å². The average Bonchev–Trinajstić information content (AvgIpc) is 2.40. The first-order valence-corrected chi connectivity index (χ1v) is 5.57. The van der Waals surface area contributed by atoms with Gasteiger partial charge in [-0.3, -0.25) is 4.79 Å². The number of nitrogens with zero attached hydrogens (tertiary/aromatic N) is 1. The third kappa shape index (κ3) is 3.53. The van der Waals surface area contributed by atoms with Gasteiger partial charge in [0.1, 0.15) is 5.82 Å². The summed E-state index contributed by atoms with van der Waals surface area (Å²) in [5.74, 6) is -2.92. The second kappa shape index (κ2) is 5.47. The molecule has 0 bridgehead atoms. The fourth-order valence-corrected chi connectivity index (χ4v) is 1.54. The van der Waals surface area contributed by atoms with Crippen molar-refractivity contribution in [1.29, 1.82) is 0 Å². The van der Waals surface area contributed by atoms with Crippen molar-refractivity contribution in [3.8, 4) is 0 Å². The Hall–Kier alpha value is -2.51. The van der Waals surface area contributed by atoms with E-state index in [9.17, 15) is 26.7 Å². The number of halogens is 5. The highest BCUT2D eigenvalue weighted by Crippen LogP contribution is 2.31. The molecule has 3 nitrogen and oxygen atoms in total. The van der Waals surface area contributed by atoms with E-state index in [1.54, 1.807) is 0 Å². The average molecular weight is 302 g/mol. The Morgan fingerprint density at radius 3 is 2.43 bits per heavy atom. The van der Waals surface area contributed by atoms with Crippen LogP contribution in [0.3, 0.4) is 0 Å². The van der Waals surface area contributed by atoms with Gasteiger partial charge in [-0.1, -0.05) is 0 Å². The first-order chi connectivity index (χ1) is 9.77. The second-order valence-electron chi connectivity index (χ2n) is 4.01. The van der Waals surface area contributed by atoms with E-state index in [-0.39, 0.29) is 5.56 Å². The summed E-state index contributed by atoms with van der Waals surface area (Å²) in [5, 5.41) is 1.96. The maximum Gasteiger partial charge on any atom is 0.416 e. The molecule has 0 aliphatic carbocycles. The van der Waals surface area contributed by atoms with E-state index in [0.717, 1.165) is 18.3 Å². The number of amides is 1. The van der Waals surface area contributed by atoms with Gasteiger partial charge in [-0.2, -0.15) is 17.6 Å². The maximum atomic E-state index is 13.4. The molecule has 2 aromatic rings. The zero-order valence-corrected chi connectivity index (χ0v) is 10.2. The van der Waals surface area contributed by atoms with Crippen LogP contribution >= 0.6 is 0 Å². The Morgan fingerprint density at radius 1 is 1.10 bits per heavy atom. The quantitative estimate of drug-likeness (QED) is 0.680. The summed E-state index contributed by atoms with van der Waals surface area (Å²) in [5.41, 5.74) is -1.95. The first-order valence-electron chi connectivity index (χ1n) is 5.57. The number of carbonyl (C=O) groups is 1. The van der Waals surface area contributed by atoms with Crippen LogP contribution in [0.4, 0.5) is 27.6 Å². The highest BCUT2D eigenvalue weighted by molar-refractivity contribution is 6.04. The minimum atomic E-state index is -4.67. The number of rotatable bonds is 2. The summed E-state index contributed by atoms with van der Waals surface area (Å²) < 4.78 is 63.9. The number of pyridine rings is 1. The van der Waals surface area contributed by atoms with E-state index in [0.29, 0.717) is 18.2 Å². The molecule has 21 heavy (non-hydrogen) atoms. The molecule has 0 saturated heterocycles. The molecule has 8 heteroatoms. The summed E-state index contributed by atoms with van der Waals surface area (Å²) in [6, 6.07) is 3.53. The number of hydrogen-bond donors (Lipinski definition) is 1. The van der Waals surface area contributed by atoms with E-state index in [2.05, 4.69) is 4.98 Å². The number of carbonyl (C=O) groups excluding carboxylic acids is 1. The SMILES string of the molecule is O=C(Nc1cc(C(F)(F)F)ccc1F)c1ccnc(F)c1. The van der Waals surface area contributed by atoms with Crippen LogP contribution in [0.15, 0.2) is 36.5 Å². The van der Waals surface area contributed by atoms with Crippen LogP contribution in [0.1, 0.15) is 15.9 Å². The molecule has 1 N–H and O–H groups in total. The summed E-state index contributed by atoms with van der Waals surface area (Å²) in [4.78, 5) is 14.9. The zero-order valence-electron chi connectivity index (χ0n) is 10.2. The molecule has 110 valence electrons. The van der Waals surface area contributed by atoms with Crippen LogP contribution in [0.5, 0.6) is 0 Å². The number of hydrogen-bond acceptors (Lipinski definition) is 2. The van der Waals surface area contributed by atoms with E-state index in [1.807, 2.05) is 5.32 Å². The van der Waals surface area contributed by atoms with Gasteiger partial charge in [-0.05, 0) is 24.3 Å². The molecule has 0 spiro atoms. The lowest BCUT2D eigenvalue weighted by Crippen LogP contribution is -2.15. The number of alkyl halides is 3. The molecule has 1 amide bonds. The lowest BCUT2D eigenvalue weighted by atomic mass is 10.1. The second-order valence-corrected chi connectivity index (χ2v) is 4.01. The molecule has 0 fully saturated rings. The number of aromatic nitrogens is 1. The van der Waals surface area contributed by atoms with Gasteiger partial charge in [-0.25, -0.2) is 9.37 Å². The Labute approximate surface area is 115 Å². The van der Waals surface area contributed by atoms with Gasteiger partial charge in [0.15, 0.2) is 0 Å². The topological polar surface area (TPSA) is 42.0 Å². The van der Waals surface area contributed by atoms with Crippen molar-refractivity contribution in [2.45, 2.75) is 6.18 Å². The van der Waals surface area contributed by atoms with Crippen LogP contribution in [0.25, 0.3) is 0 Å². The Kier molecular flexibility index (Phi) is 3.88. The van der Waals surface area contributed by atoms with Crippen LogP contribution in [-0.4, -0.2) is 10.9 Å². The van der Waals surface area contributed by atoms with Crippen LogP contribution in [0, 0.1) is 11.8 Å². The van der Waals surface area contributed by atoms with Crippen LogP contribution in [0.2, 0.25) is 0 Å². The molecule has 1 heterocycles. The summed E-state index contributed by atoms with van der Waals surface area (Å²) in [7, 11) is 0. The van der Waals surface area contributed by atoms with Crippen molar-refractivity contribution < 1.29 is 26.7 Å². The third-order valence-corrected chi connectivity index (χ3v) is 2.53. The standard InChI is InChI=1S/C13H7F5N2O/c14-9-2-1-8(13(16,17)18)6-10(9)20-12(21)7-3-4-19-11(15)5-7/h1-6H,(H,20,21). The normalized spacial score (nSPS) is 11.3. The van der Waals surface area contributed by atoms with Gasteiger partial charge in [-0.15, -0.1) is 0 Å². The largest absolute Gasteiger partial charge is 0.416 e. The zero-order chi connectivity index (χ0) is 15.6. The van der Waals surface area contributed by atoms with Gasteiger partial charge < -0.3 is 5.32 Å². The molecule has 1 aromatic carbocycles. The number of benzene rings is 1. The highest BCUT2D eigenvalue weighted by atomic mass is 19.4. The van der Waals surface area contributed by atoms with Crippen LogP contribution in [-0.2, 0) is 6.18 Å². The Balaban J connectivity index is 2.29. The lowest BCUT2D eigenvalue weighted by molar-refractivity contribution is -0.137. The first kappa shape index (κ1) is 14.9. The predicted octanol–water partition coefficient (Wildman–Crippen LogP) is 3.63. The van der Waals surface area contributed by atoms with Crippen LogP contribution < -0.4 is 5.32 Å².